The van der Waals surface area contributed by atoms with Crippen molar-refractivity contribution in [3.8, 4) is 23.3 Å². The van der Waals surface area contributed by atoms with Gasteiger partial charge in [0.25, 0.3) is 0 Å². The van der Waals surface area contributed by atoms with Gasteiger partial charge in [-0.1, -0.05) is 73.2 Å². The summed E-state index contributed by atoms with van der Waals surface area (Å²) in [6, 6.07) is 4.42. The van der Waals surface area contributed by atoms with Crippen LogP contribution in [0.2, 0.25) is 16.6 Å². The molecular formula is C26H40OSi. The van der Waals surface area contributed by atoms with Crippen LogP contribution in [0.25, 0.3) is 0 Å². The molecule has 0 aliphatic heterocycles. The summed E-state index contributed by atoms with van der Waals surface area (Å²) in [6.45, 7) is 21.9. The van der Waals surface area contributed by atoms with E-state index >= 15 is 0 Å². The molecule has 0 atom stereocenters. The Balaban J connectivity index is 3.58. The quantitative estimate of drug-likeness (QED) is 0.444. The van der Waals surface area contributed by atoms with Crippen LogP contribution in [0.1, 0.15) is 91.5 Å². The van der Waals surface area contributed by atoms with E-state index in [9.17, 15) is 5.11 Å². The van der Waals surface area contributed by atoms with Crippen LogP contribution in [-0.2, 0) is 12.8 Å². The highest BCUT2D eigenvalue weighted by molar-refractivity contribution is 6.90. The average molecular weight is 397 g/mol. The molecule has 0 aromatic heterocycles. The first-order valence-electron chi connectivity index (χ1n) is 10.8. The Hall–Kier alpha value is -1.48. The fourth-order valence-electron chi connectivity index (χ4n) is 4.39. The van der Waals surface area contributed by atoms with E-state index in [0.717, 1.165) is 24.0 Å². The summed E-state index contributed by atoms with van der Waals surface area (Å²) in [5, 5.41) is 10.00. The molecule has 1 aromatic carbocycles. The topological polar surface area (TPSA) is 20.2 Å². The molecule has 0 unspecified atom stereocenters. The fourth-order valence-corrected chi connectivity index (χ4v) is 9.61. The maximum Gasteiger partial charge on any atom is 0.146 e. The normalized spacial score (nSPS) is 12.1. The maximum absolute atomic E-state index is 10.00. The molecule has 28 heavy (non-hydrogen) atoms. The second-order valence-electron chi connectivity index (χ2n) is 9.33. The van der Waals surface area contributed by atoms with Crippen molar-refractivity contribution in [3.63, 3.8) is 0 Å². The summed E-state index contributed by atoms with van der Waals surface area (Å²) < 4.78 is 0. The second-order valence-corrected chi connectivity index (χ2v) is 14.9. The van der Waals surface area contributed by atoms with Gasteiger partial charge in [0.1, 0.15) is 13.7 Å². The maximum atomic E-state index is 10.00. The van der Waals surface area contributed by atoms with Gasteiger partial charge < -0.3 is 5.11 Å². The van der Waals surface area contributed by atoms with Gasteiger partial charge in [-0.25, -0.2) is 0 Å². The molecule has 0 fully saturated rings. The Bertz CT molecular complexity index is 739. The minimum absolute atomic E-state index is 0.633. The van der Waals surface area contributed by atoms with E-state index in [1.165, 1.54) is 11.1 Å². The van der Waals surface area contributed by atoms with Crippen molar-refractivity contribution in [1.29, 1.82) is 0 Å². The molecule has 1 N–H and O–H groups in total. The Kier molecular flexibility index (Phi) is 8.61. The predicted octanol–water partition coefficient (Wildman–Crippen LogP) is 6.50. The molecule has 0 aliphatic carbocycles. The molecule has 0 saturated heterocycles. The average Bonchev–Trinajstić information content (AvgIpc) is 2.58. The van der Waals surface area contributed by atoms with Crippen molar-refractivity contribution in [3.05, 3.63) is 34.4 Å². The minimum Gasteiger partial charge on any atom is -0.378 e. The highest BCUT2D eigenvalue weighted by atomic mass is 28.3. The molecule has 1 aromatic rings. The summed E-state index contributed by atoms with van der Waals surface area (Å²) in [7, 11) is -1.74. The van der Waals surface area contributed by atoms with E-state index in [1.54, 1.807) is 13.8 Å². The summed E-state index contributed by atoms with van der Waals surface area (Å²) in [5.41, 5.74) is 9.39. The van der Waals surface area contributed by atoms with Crippen LogP contribution >= 0.6 is 0 Å². The van der Waals surface area contributed by atoms with E-state index in [4.69, 9.17) is 0 Å². The number of hydrogen-bond acceptors (Lipinski definition) is 1. The Morgan fingerprint density at radius 1 is 0.857 bits per heavy atom. The van der Waals surface area contributed by atoms with Crippen LogP contribution in [0.5, 0.6) is 0 Å². The molecule has 0 radical (unpaired) electrons. The minimum atomic E-state index is -1.74. The lowest BCUT2D eigenvalue weighted by molar-refractivity contribution is 0.143. The highest BCUT2D eigenvalue weighted by Crippen LogP contribution is 2.40. The van der Waals surface area contributed by atoms with Gasteiger partial charge >= 0.3 is 0 Å². The summed E-state index contributed by atoms with van der Waals surface area (Å²) in [5.74, 6) is 9.82. The summed E-state index contributed by atoms with van der Waals surface area (Å²) in [4.78, 5) is 0. The number of rotatable bonds is 5. The molecular weight excluding hydrogens is 356 g/mol. The van der Waals surface area contributed by atoms with Gasteiger partial charge in [-0.2, -0.15) is 0 Å². The third-order valence-electron chi connectivity index (χ3n) is 5.85. The van der Waals surface area contributed by atoms with Crippen molar-refractivity contribution in [2.75, 3.05) is 0 Å². The van der Waals surface area contributed by atoms with E-state index in [1.807, 2.05) is 0 Å². The molecule has 1 rings (SSSR count). The Morgan fingerprint density at radius 2 is 1.29 bits per heavy atom. The Morgan fingerprint density at radius 3 is 1.61 bits per heavy atom. The van der Waals surface area contributed by atoms with Gasteiger partial charge in [0.15, 0.2) is 0 Å². The second kappa shape index (κ2) is 9.82. The lowest BCUT2D eigenvalue weighted by atomic mass is 9.94. The van der Waals surface area contributed by atoms with Crippen LogP contribution in [0, 0.1) is 23.3 Å². The number of aliphatic hydroxyl groups is 1. The molecule has 0 heterocycles. The van der Waals surface area contributed by atoms with Crippen LogP contribution in [0.3, 0.4) is 0 Å². The van der Waals surface area contributed by atoms with Gasteiger partial charge in [-0.15, -0.1) is 5.54 Å². The van der Waals surface area contributed by atoms with Crippen LogP contribution in [-0.4, -0.2) is 18.8 Å². The van der Waals surface area contributed by atoms with Crippen molar-refractivity contribution >= 4 is 8.07 Å². The molecule has 2 heteroatoms. The van der Waals surface area contributed by atoms with E-state index in [2.05, 4.69) is 90.8 Å². The van der Waals surface area contributed by atoms with Crippen LogP contribution in [0.15, 0.2) is 12.1 Å². The first-order chi connectivity index (χ1) is 12.9. The van der Waals surface area contributed by atoms with Crippen molar-refractivity contribution in [1.82, 2.24) is 0 Å². The van der Waals surface area contributed by atoms with Crippen LogP contribution in [0.4, 0.5) is 0 Å². The monoisotopic (exact) mass is 396 g/mol. The van der Waals surface area contributed by atoms with Crippen molar-refractivity contribution in [2.45, 2.75) is 104 Å². The van der Waals surface area contributed by atoms with Gasteiger partial charge in [-0.3, -0.25) is 0 Å². The molecule has 154 valence electrons. The lowest BCUT2D eigenvalue weighted by Crippen LogP contribution is -2.43. The fraction of sp³-hybridized carbons (Fsp3) is 0.615. The third kappa shape index (κ3) is 5.76. The zero-order chi connectivity index (χ0) is 21.7. The Labute approximate surface area is 175 Å². The van der Waals surface area contributed by atoms with Crippen molar-refractivity contribution < 1.29 is 5.11 Å². The number of benzene rings is 1. The van der Waals surface area contributed by atoms with E-state index in [-0.39, 0.29) is 0 Å². The van der Waals surface area contributed by atoms with E-state index in [0.29, 0.717) is 16.6 Å². The molecule has 0 aliphatic rings. The lowest BCUT2D eigenvalue weighted by Gasteiger charge is -2.38. The molecule has 0 spiro atoms. The standard InChI is InChI=1S/C26H40OSi/c1-11-23-17-22(14-16-28(19(3)4,20(5)6)21(7)8)18-24(12-2)25(23)13-15-26(9,10)27/h17-21,27H,11-12H2,1-10H3. The van der Waals surface area contributed by atoms with Gasteiger partial charge in [-0.05, 0) is 66.6 Å². The third-order valence-corrected chi connectivity index (χ3v) is 12.1. The molecule has 0 bridgehead atoms. The molecule has 0 amide bonds. The zero-order valence-corrected chi connectivity index (χ0v) is 20.7. The van der Waals surface area contributed by atoms with Crippen molar-refractivity contribution in [2.24, 2.45) is 0 Å². The van der Waals surface area contributed by atoms with Gasteiger partial charge in [0, 0.05) is 11.1 Å². The SMILES string of the molecule is CCc1cc(C#C[Si](C(C)C)(C(C)C)C(C)C)cc(CC)c1C#CC(C)(C)O. The van der Waals surface area contributed by atoms with Gasteiger partial charge in [0.05, 0.1) is 0 Å². The predicted molar refractivity (Wildman–Crippen MR) is 126 cm³/mol. The van der Waals surface area contributed by atoms with Gasteiger partial charge in [0.2, 0.25) is 0 Å². The van der Waals surface area contributed by atoms with E-state index < -0.39 is 13.7 Å². The summed E-state index contributed by atoms with van der Waals surface area (Å²) >= 11 is 0. The first-order valence-corrected chi connectivity index (χ1v) is 13.1. The molecule has 0 saturated carbocycles. The first kappa shape index (κ1) is 24.6. The summed E-state index contributed by atoms with van der Waals surface area (Å²) in [6.07, 6.45) is 1.83. The number of aryl methyl sites for hydroxylation is 2. The highest BCUT2D eigenvalue weighted by Gasteiger charge is 2.41. The zero-order valence-electron chi connectivity index (χ0n) is 19.7. The van der Waals surface area contributed by atoms with Crippen LogP contribution < -0.4 is 0 Å². The number of hydrogen-bond donors (Lipinski definition) is 1. The smallest absolute Gasteiger partial charge is 0.146 e. The molecule has 1 nitrogen and oxygen atoms in total. The largest absolute Gasteiger partial charge is 0.378 e.